The van der Waals surface area contributed by atoms with Crippen molar-refractivity contribution in [1.29, 1.82) is 0 Å². The van der Waals surface area contributed by atoms with Crippen LogP contribution in [0.25, 0.3) is 0 Å². The number of carbonyl (C=O) groups excluding carboxylic acids is 1. The molecule has 0 aromatic heterocycles. The van der Waals surface area contributed by atoms with Gasteiger partial charge in [-0.25, -0.2) is 4.79 Å². The molecule has 0 N–H and O–H groups in total. The van der Waals surface area contributed by atoms with Gasteiger partial charge in [0.2, 0.25) is 5.79 Å². The van der Waals surface area contributed by atoms with Crippen LogP contribution in [-0.2, 0) is 14.3 Å². The Balaban J connectivity index is 2.37. The van der Waals surface area contributed by atoms with E-state index < -0.39 is 5.79 Å². The van der Waals surface area contributed by atoms with Crippen LogP contribution in [0.1, 0.15) is 40.5 Å². The summed E-state index contributed by atoms with van der Waals surface area (Å²) in [5, 5.41) is 0. The molecule has 2 heterocycles. The van der Waals surface area contributed by atoms with Crippen molar-refractivity contribution in [3.63, 3.8) is 0 Å². The van der Waals surface area contributed by atoms with Crippen LogP contribution < -0.4 is 0 Å². The first kappa shape index (κ1) is 9.71. The maximum absolute atomic E-state index is 11.4. The van der Waals surface area contributed by atoms with Gasteiger partial charge in [-0.05, 0) is 33.6 Å². The van der Waals surface area contributed by atoms with E-state index in [2.05, 4.69) is 0 Å². The highest BCUT2D eigenvalue weighted by molar-refractivity contribution is 5.92. The molecule has 3 nitrogen and oxygen atoms in total. The molecule has 0 radical (unpaired) electrons. The predicted molar refractivity (Wildman–Crippen MR) is 51.6 cm³/mol. The first-order valence-electron chi connectivity index (χ1n) is 4.98. The Bertz CT molecular complexity index is 327. The predicted octanol–water partition coefficient (Wildman–Crippen LogP) is 2.16. The molecule has 78 valence electrons. The summed E-state index contributed by atoms with van der Waals surface area (Å²) < 4.78 is 11.1. The summed E-state index contributed by atoms with van der Waals surface area (Å²) in [6, 6.07) is 0. The Labute approximate surface area is 84.1 Å². The molecule has 3 heteroatoms. The lowest BCUT2D eigenvalue weighted by Gasteiger charge is -2.41. The first-order chi connectivity index (χ1) is 6.34. The van der Waals surface area contributed by atoms with Crippen molar-refractivity contribution in [3.05, 3.63) is 11.1 Å². The van der Waals surface area contributed by atoms with E-state index in [9.17, 15) is 4.79 Å². The van der Waals surface area contributed by atoms with Crippen molar-refractivity contribution in [2.75, 3.05) is 0 Å². The number of ether oxygens (including phenoxy) is 2. The van der Waals surface area contributed by atoms with E-state index in [1.54, 1.807) is 0 Å². The summed E-state index contributed by atoms with van der Waals surface area (Å²) in [7, 11) is 0. The van der Waals surface area contributed by atoms with E-state index in [0.29, 0.717) is 0 Å². The molecule has 1 fully saturated rings. The minimum atomic E-state index is -0.803. The van der Waals surface area contributed by atoms with E-state index in [1.165, 1.54) is 0 Å². The second-order valence-electron chi connectivity index (χ2n) is 4.80. The Morgan fingerprint density at radius 2 is 1.93 bits per heavy atom. The lowest BCUT2D eigenvalue weighted by Crippen LogP contribution is -2.45. The van der Waals surface area contributed by atoms with E-state index in [1.807, 2.05) is 27.7 Å². The Hall–Kier alpha value is -0.830. The molecule has 0 saturated carbocycles. The van der Waals surface area contributed by atoms with Gasteiger partial charge in [0, 0.05) is 18.1 Å². The van der Waals surface area contributed by atoms with Crippen LogP contribution in [0.2, 0.25) is 0 Å². The second kappa shape index (κ2) is 2.60. The minimum Gasteiger partial charge on any atom is -0.426 e. The highest BCUT2D eigenvalue weighted by atomic mass is 16.7. The molecular weight excluding hydrogens is 180 g/mol. The number of fused-ring (bicyclic) bond motifs is 1. The van der Waals surface area contributed by atoms with Gasteiger partial charge < -0.3 is 9.47 Å². The average molecular weight is 196 g/mol. The van der Waals surface area contributed by atoms with Crippen LogP contribution in [-0.4, -0.2) is 17.4 Å². The normalized spacial score (nSPS) is 35.6. The molecular formula is C11H16O3. The summed E-state index contributed by atoms with van der Waals surface area (Å²) in [6.07, 6.45) is 1.83. The van der Waals surface area contributed by atoms with Crippen molar-refractivity contribution in [1.82, 2.24) is 0 Å². The largest absolute Gasteiger partial charge is 0.426 e. The molecule has 1 atom stereocenters. The van der Waals surface area contributed by atoms with Crippen molar-refractivity contribution < 1.29 is 14.3 Å². The Morgan fingerprint density at radius 1 is 1.29 bits per heavy atom. The third-order valence-corrected chi connectivity index (χ3v) is 3.04. The highest BCUT2D eigenvalue weighted by Gasteiger charge is 2.49. The van der Waals surface area contributed by atoms with Gasteiger partial charge in [-0.1, -0.05) is 0 Å². The zero-order chi connectivity index (χ0) is 10.6. The molecule has 0 amide bonds. The molecule has 0 spiro atoms. The van der Waals surface area contributed by atoms with Crippen LogP contribution in [0, 0.1) is 0 Å². The van der Waals surface area contributed by atoms with Gasteiger partial charge in [-0.3, -0.25) is 0 Å². The Morgan fingerprint density at radius 3 is 2.57 bits per heavy atom. The van der Waals surface area contributed by atoms with Gasteiger partial charge >= 0.3 is 5.97 Å². The zero-order valence-corrected chi connectivity index (χ0v) is 9.14. The smallest absolute Gasteiger partial charge is 0.336 e. The SMILES string of the molecule is CC1=C2CCC(C)(C)OC2(C)OC1=O. The number of rotatable bonds is 0. The van der Waals surface area contributed by atoms with E-state index in [0.717, 1.165) is 24.0 Å². The number of carbonyl (C=O) groups is 1. The van der Waals surface area contributed by atoms with Crippen LogP contribution in [0.15, 0.2) is 11.1 Å². The van der Waals surface area contributed by atoms with Crippen LogP contribution in [0.3, 0.4) is 0 Å². The first-order valence-corrected chi connectivity index (χ1v) is 4.98. The van der Waals surface area contributed by atoms with Crippen LogP contribution >= 0.6 is 0 Å². The van der Waals surface area contributed by atoms with E-state index >= 15 is 0 Å². The molecule has 14 heavy (non-hydrogen) atoms. The van der Waals surface area contributed by atoms with Crippen molar-refractivity contribution in [2.24, 2.45) is 0 Å². The van der Waals surface area contributed by atoms with Crippen molar-refractivity contribution in [3.8, 4) is 0 Å². The molecule has 0 aromatic carbocycles. The van der Waals surface area contributed by atoms with E-state index in [-0.39, 0.29) is 11.6 Å². The molecule has 2 aliphatic rings. The lowest BCUT2D eigenvalue weighted by molar-refractivity contribution is -0.246. The van der Waals surface area contributed by atoms with Crippen LogP contribution in [0.5, 0.6) is 0 Å². The molecule has 0 bridgehead atoms. The quantitative estimate of drug-likeness (QED) is 0.557. The maximum Gasteiger partial charge on any atom is 0.336 e. The number of esters is 1. The summed E-state index contributed by atoms with van der Waals surface area (Å²) in [4.78, 5) is 11.4. The van der Waals surface area contributed by atoms with Gasteiger partial charge in [0.25, 0.3) is 0 Å². The molecule has 0 aliphatic carbocycles. The van der Waals surface area contributed by atoms with Gasteiger partial charge in [-0.2, -0.15) is 0 Å². The lowest BCUT2D eigenvalue weighted by atomic mass is 9.88. The van der Waals surface area contributed by atoms with Crippen molar-refractivity contribution >= 4 is 5.97 Å². The van der Waals surface area contributed by atoms with E-state index in [4.69, 9.17) is 9.47 Å². The maximum atomic E-state index is 11.4. The fourth-order valence-corrected chi connectivity index (χ4v) is 2.28. The minimum absolute atomic E-state index is 0.205. The molecule has 0 aromatic rings. The highest BCUT2D eigenvalue weighted by Crippen LogP contribution is 2.44. The fourth-order valence-electron chi connectivity index (χ4n) is 2.28. The summed E-state index contributed by atoms with van der Waals surface area (Å²) >= 11 is 0. The monoisotopic (exact) mass is 196 g/mol. The zero-order valence-electron chi connectivity index (χ0n) is 9.14. The summed E-state index contributed by atoms with van der Waals surface area (Å²) in [5.74, 6) is -1.04. The van der Waals surface area contributed by atoms with Crippen molar-refractivity contribution in [2.45, 2.75) is 51.9 Å². The van der Waals surface area contributed by atoms with Gasteiger partial charge in [-0.15, -0.1) is 0 Å². The second-order valence-corrected chi connectivity index (χ2v) is 4.80. The summed E-state index contributed by atoms with van der Waals surface area (Å²) in [6.45, 7) is 7.69. The number of hydrogen-bond donors (Lipinski definition) is 0. The van der Waals surface area contributed by atoms with Gasteiger partial charge in [0.1, 0.15) is 0 Å². The Kier molecular flexibility index (Phi) is 1.80. The topological polar surface area (TPSA) is 35.5 Å². The standard InChI is InChI=1S/C11H16O3/c1-7-8-5-6-10(2,3)14-11(8,4)13-9(7)12/h5-6H2,1-4H3. The molecule has 1 saturated heterocycles. The molecule has 2 aliphatic heterocycles. The van der Waals surface area contributed by atoms with Gasteiger partial charge in [0.05, 0.1) is 5.60 Å². The van der Waals surface area contributed by atoms with Gasteiger partial charge in [0.15, 0.2) is 0 Å². The average Bonchev–Trinajstić information content (AvgIpc) is 2.19. The molecule has 1 unspecified atom stereocenters. The number of hydrogen-bond acceptors (Lipinski definition) is 3. The van der Waals surface area contributed by atoms with Crippen LogP contribution in [0.4, 0.5) is 0 Å². The third-order valence-electron chi connectivity index (χ3n) is 3.04. The fraction of sp³-hybridized carbons (Fsp3) is 0.727. The summed E-state index contributed by atoms with van der Waals surface area (Å²) in [5.41, 5.74) is 1.54. The molecule has 2 rings (SSSR count). The third kappa shape index (κ3) is 1.27.